The molecule has 1 aromatic rings. The number of quaternary nitrogens is 1. The lowest BCUT2D eigenvalue weighted by Crippen LogP contribution is -3.00. The minimum absolute atomic E-state index is 0. The quantitative estimate of drug-likeness (QED) is 0.338. The van der Waals surface area contributed by atoms with Crippen LogP contribution in [0.4, 0.5) is 0 Å². The number of nitrogens with zero attached hydrogens (tertiary/aromatic N) is 1. The predicted octanol–water partition coefficient (Wildman–Crippen LogP) is -0.889. The van der Waals surface area contributed by atoms with Crippen molar-refractivity contribution in [2.45, 2.75) is 6.42 Å². The first-order valence-corrected chi connectivity index (χ1v) is 7.14. The zero-order valence-electron chi connectivity index (χ0n) is 13.2. The van der Waals surface area contributed by atoms with E-state index in [1.807, 2.05) is 27.2 Å². The second-order valence-electron chi connectivity index (χ2n) is 6.19. The fourth-order valence-electron chi connectivity index (χ4n) is 2.43. The van der Waals surface area contributed by atoms with Crippen LogP contribution in [0, 0.1) is 5.92 Å². The first kappa shape index (κ1) is 19.3. The van der Waals surface area contributed by atoms with Crippen molar-refractivity contribution in [3.05, 3.63) is 22.7 Å². The molecule has 7 heteroatoms. The van der Waals surface area contributed by atoms with Crippen molar-refractivity contribution in [2.75, 3.05) is 41.6 Å². The second-order valence-corrected chi connectivity index (χ2v) is 6.60. The molecule has 0 amide bonds. The van der Waals surface area contributed by atoms with Crippen LogP contribution in [0.5, 0.6) is 11.5 Å². The third kappa shape index (κ3) is 4.89. The van der Waals surface area contributed by atoms with E-state index in [1.165, 1.54) is 7.11 Å². The van der Waals surface area contributed by atoms with E-state index in [-0.39, 0.29) is 42.7 Å². The number of benzene rings is 1. The van der Waals surface area contributed by atoms with Gasteiger partial charge in [0.2, 0.25) is 6.79 Å². The van der Waals surface area contributed by atoms with Gasteiger partial charge in [-0.1, -0.05) is 11.6 Å². The van der Waals surface area contributed by atoms with Crippen molar-refractivity contribution < 1.29 is 47.5 Å². The second kappa shape index (κ2) is 7.70. The van der Waals surface area contributed by atoms with Crippen molar-refractivity contribution in [2.24, 2.45) is 5.92 Å². The number of halogens is 2. The number of carbonyl (C=O) groups is 1. The fraction of sp³-hybridized carbons (Fsp3) is 0.533. The topological polar surface area (TPSA) is 44.8 Å². The van der Waals surface area contributed by atoms with Gasteiger partial charge in [0.15, 0.2) is 11.5 Å². The maximum atomic E-state index is 12.0. The summed E-state index contributed by atoms with van der Waals surface area (Å²) < 4.78 is 16.2. The van der Waals surface area contributed by atoms with Gasteiger partial charge in [-0.25, -0.2) is 0 Å². The van der Waals surface area contributed by atoms with Gasteiger partial charge in [0, 0.05) is 11.1 Å². The molecule has 1 aromatic carbocycles. The lowest BCUT2D eigenvalue weighted by atomic mass is 9.98. The Morgan fingerprint density at radius 3 is 2.45 bits per heavy atom. The minimum atomic E-state index is -0.257. The van der Waals surface area contributed by atoms with E-state index in [0.29, 0.717) is 34.0 Å². The van der Waals surface area contributed by atoms with Crippen LogP contribution in [0.1, 0.15) is 5.56 Å². The maximum absolute atomic E-state index is 12.0. The highest BCUT2D eigenvalue weighted by Crippen LogP contribution is 2.37. The number of hydrogen-bond acceptors (Lipinski definition) is 4. The van der Waals surface area contributed by atoms with Gasteiger partial charge in [0.1, 0.15) is 5.92 Å². The molecule has 1 atom stereocenters. The molecule has 0 bridgehead atoms. The molecule has 0 saturated heterocycles. The Hall–Kier alpha value is -0.730. The Labute approximate surface area is 153 Å². The maximum Gasteiger partial charge on any atom is 0.314 e. The van der Waals surface area contributed by atoms with Gasteiger partial charge >= 0.3 is 5.97 Å². The monoisotopic (exact) mass is 441 g/mol. The zero-order valence-corrected chi connectivity index (χ0v) is 16.1. The molecule has 0 spiro atoms. The van der Waals surface area contributed by atoms with Crippen molar-refractivity contribution in [3.8, 4) is 11.5 Å². The van der Waals surface area contributed by atoms with E-state index in [2.05, 4.69) is 0 Å². The summed E-state index contributed by atoms with van der Waals surface area (Å²) in [4.78, 5) is 12.0. The van der Waals surface area contributed by atoms with Crippen molar-refractivity contribution in [3.63, 3.8) is 0 Å². The number of fused-ring (bicyclic) bond motifs is 1. The van der Waals surface area contributed by atoms with Crippen LogP contribution in [-0.2, 0) is 16.0 Å². The largest absolute Gasteiger partial charge is 1.00 e. The molecule has 5 nitrogen and oxygen atoms in total. The molecular weight excluding hydrogens is 421 g/mol. The molecular formula is C15H21ClINO4. The first-order chi connectivity index (χ1) is 9.80. The summed E-state index contributed by atoms with van der Waals surface area (Å²) in [5.74, 6) is 0.831. The van der Waals surface area contributed by atoms with E-state index in [0.717, 1.165) is 5.56 Å². The van der Waals surface area contributed by atoms with Gasteiger partial charge in [-0.15, -0.1) is 0 Å². The lowest BCUT2D eigenvalue weighted by Gasteiger charge is -2.28. The summed E-state index contributed by atoms with van der Waals surface area (Å²) in [6, 6.07) is 3.58. The van der Waals surface area contributed by atoms with Crippen LogP contribution in [0.2, 0.25) is 5.02 Å². The average molecular weight is 442 g/mol. The number of esters is 1. The Bertz CT molecular complexity index is 545. The number of methoxy groups -OCH3 is 1. The highest BCUT2D eigenvalue weighted by molar-refractivity contribution is 6.31. The average Bonchev–Trinajstić information content (AvgIpc) is 2.82. The number of ether oxygens (including phenoxy) is 3. The van der Waals surface area contributed by atoms with Gasteiger partial charge in [0.25, 0.3) is 0 Å². The predicted molar refractivity (Wildman–Crippen MR) is 79.7 cm³/mol. The molecule has 0 fully saturated rings. The summed E-state index contributed by atoms with van der Waals surface area (Å²) in [5.41, 5.74) is 0.866. The van der Waals surface area contributed by atoms with E-state index in [4.69, 9.17) is 25.8 Å². The fourth-order valence-corrected chi connectivity index (χ4v) is 2.66. The molecule has 0 radical (unpaired) electrons. The molecule has 0 aromatic heterocycles. The number of carbonyl (C=O) groups excluding carboxylic acids is 1. The van der Waals surface area contributed by atoms with Gasteiger partial charge in [0.05, 0.1) is 34.8 Å². The van der Waals surface area contributed by atoms with Crippen LogP contribution < -0.4 is 33.5 Å². The molecule has 1 aliphatic rings. The molecule has 124 valence electrons. The van der Waals surface area contributed by atoms with Crippen molar-refractivity contribution in [1.29, 1.82) is 0 Å². The van der Waals surface area contributed by atoms with Gasteiger partial charge in [-0.05, 0) is 18.1 Å². The van der Waals surface area contributed by atoms with Gasteiger partial charge in [-0.3, -0.25) is 4.79 Å². The van der Waals surface area contributed by atoms with E-state index in [9.17, 15) is 4.79 Å². The lowest BCUT2D eigenvalue weighted by molar-refractivity contribution is -0.872. The molecule has 2 rings (SSSR count). The van der Waals surface area contributed by atoms with Crippen LogP contribution in [-0.4, -0.2) is 52.0 Å². The smallest absolute Gasteiger partial charge is 0.314 e. The third-order valence-corrected chi connectivity index (χ3v) is 3.66. The minimum Gasteiger partial charge on any atom is -1.00 e. The van der Waals surface area contributed by atoms with Crippen LogP contribution >= 0.6 is 11.6 Å². The Morgan fingerprint density at radius 1 is 1.32 bits per heavy atom. The standard InChI is InChI=1S/C15H21ClNO4.HI/c1-17(2,3)8-11(15(18)19-4)5-10-6-13-14(7-12(10)16)21-9-20-13;/h6-7,11H,5,8-9H2,1-4H3;1H/q+1;/p-1. The van der Waals surface area contributed by atoms with Gasteiger partial charge in [-0.2, -0.15) is 0 Å². The number of hydrogen-bond donors (Lipinski definition) is 0. The van der Waals surface area contributed by atoms with E-state index < -0.39 is 0 Å². The summed E-state index contributed by atoms with van der Waals surface area (Å²) in [6.45, 7) is 0.867. The first-order valence-electron chi connectivity index (χ1n) is 6.76. The van der Waals surface area contributed by atoms with Crippen LogP contribution in [0.3, 0.4) is 0 Å². The van der Waals surface area contributed by atoms with Crippen LogP contribution in [0.15, 0.2) is 12.1 Å². The molecule has 22 heavy (non-hydrogen) atoms. The summed E-state index contributed by atoms with van der Waals surface area (Å²) in [6.07, 6.45) is 0.512. The highest BCUT2D eigenvalue weighted by atomic mass is 127. The normalized spacial score (nSPS) is 14.2. The SMILES string of the molecule is COC(=O)C(Cc1cc2c(cc1Cl)OCO2)C[N+](C)(C)C.[I-]. The molecule has 1 heterocycles. The number of rotatable bonds is 5. The van der Waals surface area contributed by atoms with E-state index in [1.54, 1.807) is 6.07 Å². The zero-order chi connectivity index (χ0) is 15.6. The highest BCUT2D eigenvalue weighted by Gasteiger charge is 2.28. The summed E-state index contributed by atoms with van der Waals surface area (Å²) in [5, 5.41) is 0.578. The Balaban J connectivity index is 0.00000242. The molecule has 0 saturated carbocycles. The third-order valence-electron chi connectivity index (χ3n) is 3.31. The Morgan fingerprint density at radius 2 is 1.91 bits per heavy atom. The summed E-state index contributed by atoms with van der Waals surface area (Å²) >= 11 is 6.28. The molecule has 0 N–H and O–H groups in total. The summed E-state index contributed by atoms with van der Waals surface area (Å²) in [7, 11) is 7.53. The Kier molecular flexibility index (Phi) is 6.76. The van der Waals surface area contributed by atoms with Gasteiger partial charge < -0.3 is 42.7 Å². The van der Waals surface area contributed by atoms with E-state index >= 15 is 0 Å². The van der Waals surface area contributed by atoms with Crippen molar-refractivity contribution >= 4 is 17.6 Å². The molecule has 0 aliphatic carbocycles. The van der Waals surface area contributed by atoms with Crippen molar-refractivity contribution in [1.82, 2.24) is 0 Å². The van der Waals surface area contributed by atoms with Crippen LogP contribution in [0.25, 0.3) is 0 Å². The molecule has 1 aliphatic heterocycles. The molecule has 1 unspecified atom stereocenters.